The maximum Gasteiger partial charge on any atom is 0.257 e. The molecule has 1 saturated heterocycles. The molecular formula is C19H24N2O3. The molecule has 0 radical (unpaired) electrons. The van der Waals surface area contributed by atoms with Crippen molar-refractivity contribution in [3.8, 4) is 5.75 Å². The number of rotatable bonds is 3. The molecule has 1 aliphatic carbocycles. The molecule has 1 aromatic rings. The highest BCUT2D eigenvalue weighted by Crippen LogP contribution is 2.23. The lowest BCUT2D eigenvalue weighted by atomic mass is 9.93. The van der Waals surface area contributed by atoms with Gasteiger partial charge in [0.05, 0.1) is 12.7 Å². The van der Waals surface area contributed by atoms with Gasteiger partial charge < -0.3 is 14.5 Å². The van der Waals surface area contributed by atoms with Crippen molar-refractivity contribution in [3.63, 3.8) is 0 Å². The van der Waals surface area contributed by atoms with Gasteiger partial charge in [0.2, 0.25) is 5.91 Å². The molecular weight excluding hydrogens is 304 g/mol. The number of methoxy groups -OCH3 is 1. The molecule has 0 N–H and O–H groups in total. The van der Waals surface area contributed by atoms with Gasteiger partial charge >= 0.3 is 0 Å². The average Bonchev–Trinajstić information content (AvgIpc) is 2.67. The van der Waals surface area contributed by atoms with Crippen LogP contribution in [0.15, 0.2) is 36.4 Å². The smallest absolute Gasteiger partial charge is 0.257 e. The summed E-state index contributed by atoms with van der Waals surface area (Å²) in [5.74, 6) is 0.922. The largest absolute Gasteiger partial charge is 0.496 e. The van der Waals surface area contributed by atoms with Crippen LogP contribution in [-0.4, -0.2) is 54.9 Å². The number of carbonyl (C=O) groups excluding carboxylic acids is 2. The quantitative estimate of drug-likeness (QED) is 0.800. The van der Waals surface area contributed by atoms with Crippen molar-refractivity contribution >= 4 is 11.8 Å². The summed E-state index contributed by atoms with van der Waals surface area (Å²) in [5, 5.41) is 0. The van der Waals surface area contributed by atoms with Gasteiger partial charge in [-0.1, -0.05) is 24.3 Å². The predicted octanol–water partition coefficient (Wildman–Crippen LogP) is 2.34. The lowest BCUT2D eigenvalue weighted by Crippen LogP contribution is -2.52. The van der Waals surface area contributed by atoms with Crippen molar-refractivity contribution in [2.75, 3.05) is 33.3 Å². The van der Waals surface area contributed by atoms with E-state index >= 15 is 0 Å². The Hall–Kier alpha value is -2.30. The fourth-order valence-corrected chi connectivity index (χ4v) is 3.40. The first kappa shape index (κ1) is 16.6. The molecule has 0 unspecified atom stereocenters. The second kappa shape index (κ2) is 7.51. The van der Waals surface area contributed by atoms with Gasteiger partial charge in [-0.05, 0) is 31.4 Å². The minimum absolute atomic E-state index is 0.0276. The summed E-state index contributed by atoms with van der Waals surface area (Å²) in [7, 11) is 1.57. The third-order valence-electron chi connectivity index (χ3n) is 4.83. The first-order valence-corrected chi connectivity index (χ1v) is 8.57. The zero-order valence-corrected chi connectivity index (χ0v) is 14.1. The summed E-state index contributed by atoms with van der Waals surface area (Å²) in [5.41, 5.74) is 0.581. The minimum Gasteiger partial charge on any atom is -0.496 e. The van der Waals surface area contributed by atoms with Crippen molar-refractivity contribution < 1.29 is 14.3 Å². The third-order valence-corrected chi connectivity index (χ3v) is 4.83. The zero-order chi connectivity index (χ0) is 16.9. The molecule has 0 spiro atoms. The topological polar surface area (TPSA) is 49.9 Å². The monoisotopic (exact) mass is 328 g/mol. The summed E-state index contributed by atoms with van der Waals surface area (Å²) in [4.78, 5) is 29.0. The van der Waals surface area contributed by atoms with Crippen LogP contribution in [0.5, 0.6) is 5.75 Å². The molecule has 1 fully saturated rings. The number of benzene rings is 1. The Balaban J connectivity index is 1.59. The van der Waals surface area contributed by atoms with Crippen molar-refractivity contribution in [2.45, 2.75) is 19.3 Å². The SMILES string of the molecule is COc1ccccc1C(=O)N1CCN(C(=O)[C@@H]2CC=CCC2)CC1. The van der Waals surface area contributed by atoms with E-state index in [0.29, 0.717) is 37.5 Å². The van der Waals surface area contributed by atoms with Gasteiger partial charge in [-0.25, -0.2) is 0 Å². The highest BCUT2D eigenvalue weighted by Gasteiger charge is 2.29. The summed E-state index contributed by atoms with van der Waals surface area (Å²) in [6.07, 6.45) is 7.03. The zero-order valence-electron chi connectivity index (χ0n) is 14.1. The number of allylic oxidation sites excluding steroid dienone is 2. The second-order valence-electron chi connectivity index (χ2n) is 6.30. The minimum atomic E-state index is -0.0276. The van der Waals surface area contributed by atoms with Gasteiger partial charge in [-0.2, -0.15) is 0 Å². The fourth-order valence-electron chi connectivity index (χ4n) is 3.40. The molecule has 0 aromatic heterocycles. The third kappa shape index (κ3) is 3.45. The summed E-state index contributed by atoms with van der Waals surface area (Å²) >= 11 is 0. The summed E-state index contributed by atoms with van der Waals surface area (Å²) < 4.78 is 5.28. The molecule has 0 bridgehead atoms. The van der Waals surface area contributed by atoms with Crippen LogP contribution in [0.25, 0.3) is 0 Å². The van der Waals surface area contributed by atoms with Crippen LogP contribution in [-0.2, 0) is 4.79 Å². The van der Waals surface area contributed by atoms with Gasteiger partial charge in [0.15, 0.2) is 0 Å². The second-order valence-corrected chi connectivity index (χ2v) is 6.30. The number of amides is 2. The van der Waals surface area contributed by atoms with Crippen LogP contribution in [0.2, 0.25) is 0 Å². The summed E-state index contributed by atoms with van der Waals surface area (Å²) in [6.45, 7) is 2.37. The molecule has 24 heavy (non-hydrogen) atoms. The van der Waals surface area contributed by atoms with E-state index in [0.717, 1.165) is 19.3 Å². The van der Waals surface area contributed by atoms with E-state index in [2.05, 4.69) is 12.2 Å². The van der Waals surface area contributed by atoms with Crippen LogP contribution in [0.4, 0.5) is 0 Å². The number of para-hydroxylation sites is 1. The van der Waals surface area contributed by atoms with E-state index in [1.165, 1.54) is 0 Å². The number of hydrogen-bond donors (Lipinski definition) is 0. The lowest BCUT2D eigenvalue weighted by molar-refractivity contribution is -0.137. The van der Waals surface area contributed by atoms with Crippen LogP contribution in [0.3, 0.4) is 0 Å². The Kier molecular flexibility index (Phi) is 5.18. The van der Waals surface area contributed by atoms with E-state index in [9.17, 15) is 9.59 Å². The molecule has 1 heterocycles. The Labute approximate surface area is 142 Å². The first-order valence-electron chi connectivity index (χ1n) is 8.57. The molecule has 5 heteroatoms. The summed E-state index contributed by atoms with van der Waals surface area (Å²) in [6, 6.07) is 7.27. The number of nitrogens with zero attached hydrogens (tertiary/aromatic N) is 2. The number of carbonyl (C=O) groups is 2. The molecule has 2 aliphatic rings. The van der Waals surface area contributed by atoms with E-state index in [-0.39, 0.29) is 17.7 Å². The van der Waals surface area contributed by atoms with E-state index < -0.39 is 0 Å². The van der Waals surface area contributed by atoms with Crippen molar-refractivity contribution in [2.24, 2.45) is 5.92 Å². The highest BCUT2D eigenvalue weighted by molar-refractivity contribution is 5.97. The molecule has 1 aromatic carbocycles. The van der Waals surface area contributed by atoms with Crippen molar-refractivity contribution in [1.29, 1.82) is 0 Å². The Morgan fingerprint density at radius 1 is 1.04 bits per heavy atom. The Bertz CT molecular complexity index is 633. The maximum atomic E-state index is 12.7. The van der Waals surface area contributed by atoms with Crippen molar-refractivity contribution in [1.82, 2.24) is 9.80 Å². The average molecular weight is 328 g/mol. The van der Waals surface area contributed by atoms with E-state index in [1.54, 1.807) is 19.2 Å². The molecule has 2 amide bonds. The van der Waals surface area contributed by atoms with Gasteiger partial charge in [0.25, 0.3) is 5.91 Å². The first-order chi connectivity index (χ1) is 11.7. The van der Waals surface area contributed by atoms with E-state index in [4.69, 9.17) is 4.74 Å². The number of ether oxygens (including phenoxy) is 1. The van der Waals surface area contributed by atoms with Crippen LogP contribution < -0.4 is 4.74 Å². The van der Waals surface area contributed by atoms with Gasteiger partial charge in [-0.15, -0.1) is 0 Å². The fraction of sp³-hybridized carbons (Fsp3) is 0.474. The molecule has 128 valence electrons. The normalized spacial score (nSPS) is 20.8. The van der Waals surface area contributed by atoms with Crippen LogP contribution in [0.1, 0.15) is 29.6 Å². The molecule has 1 atom stereocenters. The number of hydrogen-bond acceptors (Lipinski definition) is 3. The Morgan fingerprint density at radius 2 is 1.75 bits per heavy atom. The standard InChI is InChI=1S/C19H24N2O3/c1-24-17-10-6-5-9-16(17)19(23)21-13-11-20(12-14-21)18(22)15-7-3-2-4-8-15/h2-3,5-6,9-10,15H,4,7-8,11-14H2,1H3/t15-/m1/s1. The Morgan fingerprint density at radius 3 is 2.42 bits per heavy atom. The number of piperazine rings is 1. The molecule has 3 rings (SSSR count). The van der Waals surface area contributed by atoms with Crippen LogP contribution in [0, 0.1) is 5.92 Å². The lowest BCUT2D eigenvalue weighted by Gasteiger charge is -2.36. The van der Waals surface area contributed by atoms with E-state index in [1.807, 2.05) is 21.9 Å². The van der Waals surface area contributed by atoms with Gasteiger partial charge in [0.1, 0.15) is 5.75 Å². The molecule has 0 saturated carbocycles. The molecule has 1 aliphatic heterocycles. The maximum absolute atomic E-state index is 12.7. The molecule has 5 nitrogen and oxygen atoms in total. The van der Waals surface area contributed by atoms with Gasteiger partial charge in [-0.3, -0.25) is 9.59 Å². The van der Waals surface area contributed by atoms with Crippen molar-refractivity contribution in [3.05, 3.63) is 42.0 Å². The van der Waals surface area contributed by atoms with Crippen LogP contribution >= 0.6 is 0 Å². The van der Waals surface area contributed by atoms with Gasteiger partial charge in [0, 0.05) is 32.1 Å². The highest BCUT2D eigenvalue weighted by atomic mass is 16.5. The predicted molar refractivity (Wildman–Crippen MR) is 92.0 cm³/mol.